The second kappa shape index (κ2) is 6.73. The lowest BCUT2D eigenvalue weighted by Gasteiger charge is -2.34. The Morgan fingerprint density at radius 3 is 2.70 bits per heavy atom. The first-order valence-corrected chi connectivity index (χ1v) is 6.15. The van der Waals surface area contributed by atoms with Gasteiger partial charge in [-0.1, -0.05) is 0 Å². The molecule has 0 aromatic heterocycles. The van der Waals surface area contributed by atoms with Crippen LogP contribution in [-0.4, -0.2) is 66.0 Å². The van der Waals surface area contributed by atoms with Gasteiger partial charge in [0.2, 0.25) is 11.8 Å². The molecule has 1 heterocycles. The first kappa shape index (κ1) is 15.7. The van der Waals surface area contributed by atoms with E-state index in [1.807, 2.05) is 0 Å². The van der Waals surface area contributed by atoms with Crippen molar-refractivity contribution in [3.63, 3.8) is 0 Å². The second-order valence-electron chi connectivity index (χ2n) is 4.38. The molecule has 0 spiro atoms. The molecule has 1 aliphatic heterocycles. The summed E-state index contributed by atoms with van der Waals surface area (Å²) in [5.74, 6) is -2.07. The van der Waals surface area contributed by atoms with Gasteiger partial charge >= 0.3 is 12.0 Å². The molecule has 0 bridgehead atoms. The average molecular weight is 286 g/mol. The molecule has 2 atom stereocenters. The van der Waals surface area contributed by atoms with Gasteiger partial charge in [0.15, 0.2) is 0 Å². The van der Waals surface area contributed by atoms with Crippen LogP contribution >= 0.6 is 0 Å². The number of likely N-dealkylation sites (N-methyl/N-ethyl adjacent to an activating group) is 1. The Labute approximate surface area is 115 Å². The maximum atomic E-state index is 12.0. The van der Waals surface area contributed by atoms with Gasteiger partial charge in [-0.05, 0) is 6.92 Å². The SMILES string of the molecule is CNC(=O)C(C)NC(=O)N1CCNC(=O)C1CC(=O)O. The van der Waals surface area contributed by atoms with E-state index in [2.05, 4.69) is 16.0 Å². The van der Waals surface area contributed by atoms with Crippen LogP contribution in [-0.2, 0) is 14.4 Å². The van der Waals surface area contributed by atoms with Crippen LogP contribution in [0.15, 0.2) is 0 Å². The summed E-state index contributed by atoms with van der Waals surface area (Å²) in [6.45, 7) is 1.93. The van der Waals surface area contributed by atoms with Gasteiger partial charge in [0.25, 0.3) is 0 Å². The van der Waals surface area contributed by atoms with Crippen molar-refractivity contribution in [3.05, 3.63) is 0 Å². The van der Waals surface area contributed by atoms with E-state index >= 15 is 0 Å². The van der Waals surface area contributed by atoms with Crippen molar-refractivity contribution in [1.82, 2.24) is 20.9 Å². The number of hydrogen-bond acceptors (Lipinski definition) is 4. The molecule has 20 heavy (non-hydrogen) atoms. The fraction of sp³-hybridized carbons (Fsp3) is 0.636. The van der Waals surface area contributed by atoms with Crippen molar-refractivity contribution in [1.29, 1.82) is 0 Å². The predicted octanol–water partition coefficient (Wildman–Crippen LogP) is -1.89. The highest BCUT2D eigenvalue weighted by atomic mass is 16.4. The minimum absolute atomic E-state index is 0.190. The van der Waals surface area contributed by atoms with Crippen LogP contribution in [0, 0.1) is 0 Å². The first-order chi connectivity index (χ1) is 9.36. The second-order valence-corrected chi connectivity index (χ2v) is 4.38. The van der Waals surface area contributed by atoms with E-state index in [1.54, 1.807) is 0 Å². The molecule has 9 heteroatoms. The molecule has 1 saturated heterocycles. The van der Waals surface area contributed by atoms with Crippen LogP contribution in [0.1, 0.15) is 13.3 Å². The molecule has 0 radical (unpaired) electrons. The zero-order valence-corrected chi connectivity index (χ0v) is 11.3. The lowest BCUT2D eigenvalue weighted by molar-refractivity contribution is -0.142. The molecule has 9 nitrogen and oxygen atoms in total. The van der Waals surface area contributed by atoms with Gasteiger partial charge < -0.3 is 26.0 Å². The van der Waals surface area contributed by atoms with Gasteiger partial charge in [-0.15, -0.1) is 0 Å². The Balaban J connectivity index is 2.74. The van der Waals surface area contributed by atoms with Crippen molar-refractivity contribution in [3.8, 4) is 0 Å². The van der Waals surface area contributed by atoms with Crippen LogP contribution < -0.4 is 16.0 Å². The molecule has 0 aromatic carbocycles. The highest BCUT2D eigenvalue weighted by Gasteiger charge is 2.35. The number of carbonyl (C=O) groups is 4. The molecule has 2 unspecified atom stereocenters. The van der Waals surface area contributed by atoms with Gasteiger partial charge in [-0.2, -0.15) is 0 Å². The smallest absolute Gasteiger partial charge is 0.318 e. The highest BCUT2D eigenvalue weighted by molar-refractivity contribution is 5.92. The molecule has 1 rings (SSSR count). The number of nitrogens with one attached hydrogen (secondary N) is 3. The zero-order chi connectivity index (χ0) is 15.3. The third kappa shape index (κ3) is 3.84. The summed E-state index contributed by atoms with van der Waals surface area (Å²) in [5, 5.41) is 16.1. The minimum atomic E-state index is -1.18. The van der Waals surface area contributed by atoms with Gasteiger partial charge in [0.1, 0.15) is 12.1 Å². The summed E-state index contributed by atoms with van der Waals surface area (Å²) in [5.41, 5.74) is 0. The number of hydrogen-bond donors (Lipinski definition) is 4. The van der Waals surface area contributed by atoms with Crippen molar-refractivity contribution in [2.24, 2.45) is 0 Å². The van der Waals surface area contributed by atoms with E-state index in [4.69, 9.17) is 5.11 Å². The number of rotatable bonds is 4. The van der Waals surface area contributed by atoms with E-state index < -0.39 is 36.4 Å². The molecule has 1 aliphatic rings. The summed E-state index contributed by atoms with van der Waals surface area (Å²) in [7, 11) is 1.44. The van der Waals surface area contributed by atoms with Crippen LogP contribution in [0.25, 0.3) is 0 Å². The number of urea groups is 1. The van der Waals surface area contributed by atoms with E-state index in [0.717, 1.165) is 4.90 Å². The van der Waals surface area contributed by atoms with Crippen molar-refractivity contribution < 1.29 is 24.3 Å². The Morgan fingerprint density at radius 2 is 2.15 bits per heavy atom. The normalized spacial score (nSPS) is 19.8. The average Bonchev–Trinajstić information content (AvgIpc) is 2.39. The van der Waals surface area contributed by atoms with Crippen LogP contribution in [0.4, 0.5) is 4.79 Å². The molecule has 4 amide bonds. The Bertz CT molecular complexity index is 425. The van der Waals surface area contributed by atoms with E-state index in [9.17, 15) is 19.2 Å². The maximum Gasteiger partial charge on any atom is 0.318 e. The van der Waals surface area contributed by atoms with E-state index in [1.165, 1.54) is 14.0 Å². The number of carboxylic acid groups (broad SMARTS) is 1. The first-order valence-electron chi connectivity index (χ1n) is 6.15. The number of piperazine rings is 1. The summed E-state index contributed by atoms with van der Waals surface area (Å²) < 4.78 is 0. The quantitative estimate of drug-likeness (QED) is 0.480. The molecule has 0 saturated carbocycles. The summed E-state index contributed by atoms with van der Waals surface area (Å²) in [6.07, 6.45) is -0.479. The topological polar surface area (TPSA) is 128 Å². The van der Waals surface area contributed by atoms with Gasteiger partial charge in [0, 0.05) is 20.1 Å². The number of amides is 4. The molecule has 1 fully saturated rings. The molecular weight excluding hydrogens is 268 g/mol. The standard InChI is InChI=1S/C11H18N4O5/c1-6(9(18)12-2)14-11(20)15-4-3-13-10(19)7(15)5-8(16)17/h6-7H,3-5H2,1-2H3,(H,12,18)(H,13,19)(H,14,20)(H,16,17). The number of carbonyl (C=O) groups excluding carboxylic acids is 3. The Kier molecular flexibility index (Phi) is 5.30. The van der Waals surface area contributed by atoms with Gasteiger partial charge in [0.05, 0.1) is 6.42 Å². The lowest BCUT2D eigenvalue weighted by atomic mass is 10.1. The minimum Gasteiger partial charge on any atom is -0.481 e. The molecule has 112 valence electrons. The molecule has 0 aliphatic carbocycles. The molecular formula is C11H18N4O5. The number of aliphatic carboxylic acids is 1. The summed E-state index contributed by atoms with van der Waals surface area (Å²) >= 11 is 0. The van der Waals surface area contributed by atoms with Gasteiger partial charge in [-0.3, -0.25) is 14.4 Å². The Hall–Kier alpha value is -2.32. The number of nitrogens with zero attached hydrogens (tertiary/aromatic N) is 1. The Morgan fingerprint density at radius 1 is 1.50 bits per heavy atom. The zero-order valence-electron chi connectivity index (χ0n) is 11.3. The largest absolute Gasteiger partial charge is 0.481 e. The van der Waals surface area contributed by atoms with E-state index in [-0.39, 0.29) is 19.0 Å². The lowest BCUT2D eigenvalue weighted by Crippen LogP contribution is -2.61. The number of carboxylic acids is 1. The van der Waals surface area contributed by atoms with E-state index in [0.29, 0.717) is 0 Å². The highest BCUT2D eigenvalue weighted by Crippen LogP contribution is 2.09. The predicted molar refractivity (Wildman–Crippen MR) is 67.8 cm³/mol. The molecule has 0 aromatic rings. The third-order valence-corrected chi connectivity index (χ3v) is 2.94. The fourth-order valence-corrected chi connectivity index (χ4v) is 1.88. The van der Waals surface area contributed by atoms with Crippen molar-refractivity contribution in [2.75, 3.05) is 20.1 Å². The fourth-order valence-electron chi connectivity index (χ4n) is 1.88. The summed E-state index contributed by atoms with van der Waals surface area (Å²) in [6, 6.07) is -2.48. The maximum absolute atomic E-state index is 12.0. The molecule has 4 N–H and O–H groups in total. The van der Waals surface area contributed by atoms with Crippen LogP contribution in [0.3, 0.4) is 0 Å². The van der Waals surface area contributed by atoms with Crippen LogP contribution in [0.2, 0.25) is 0 Å². The van der Waals surface area contributed by atoms with Gasteiger partial charge in [-0.25, -0.2) is 4.79 Å². The van der Waals surface area contributed by atoms with Crippen LogP contribution in [0.5, 0.6) is 0 Å². The van der Waals surface area contributed by atoms with Crippen molar-refractivity contribution >= 4 is 23.8 Å². The van der Waals surface area contributed by atoms with Crippen molar-refractivity contribution in [2.45, 2.75) is 25.4 Å². The monoisotopic (exact) mass is 286 g/mol. The summed E-state index contributed by atoms with van der Waals surface area (Å²) in [4.78, 5) is 46.9. The third-order valence-electron chi connectivity index (χ3n) is 2.94.